The molecule has 1 aliphatic carbocycles. The molecule has 0 spiro atoms. The van der Waals surface area contributed by atoms with E-state index in [1.165, 1.54) is 5.57 Å². The second-order valence-electron chi connectivity index (χ2n) is 6.11. The summed E-state index contributed by atoms with van der Waals surface area (Å²) >= 11 is 0. The summed E-state index contributed by atoms with van der Waals surface area (Å²) < 4.78 is 0. The molecular formula is C18H30N2. The molecule has 0 bridgehead atoms. The Bertz CT molecular complexity index is 415. The normalized spacial score (nSPS) is 26.1. The lowest BCUT2D eigenvalue weighted by Gasteiger charge is -2.26. The number of nitrogens with zero attached hydrogens (tertiary/aromatic N) is 1. The molecule has 0 fully saturated rings. The van der Waals surface area contributed by atoms with Crippen LogP contribution in [-0.4, -0.2) is 18.8 Å². The molecular weight excluding hydrogens is 244 g/mol. The maximum atomic E-state index is 4.68. The van der Waals surface area contributed by atoms with Crippen molar-refractivity contribution in [1.82, 2.24) is 5.32 Å². The molecule has 0 saturated carbocycles. The number of aliphatic imine (C=N–C) groups is 1. The maximum absolute atomic E-state index is 4.68. The van der Waals surface area contributed by atoms with Crippen molar-refractivity contribution in [2.45, 2.75) is 47.1 Å². The van der Waals surface area contributed by atoms with Crippen molar-refractivity contribution in [2.24, 2.45) is 22.7 Å². The van der Waals surface area contributed by atoms with Crippen LogP contribution in [0.3, 0.4) is 0 Å². The summed E-state index contributed by atoms with van der Waals surface area (Å²) in [5.74, 6) is 1.42. The summed E-state index contributed by atoms with van der Waals surface area (Å²) in [5.41, 5.74) is 3.50. The van der Waals surface area contributed by atoms with Crippen molar-refractivity contribution in [3.05, 3.63) is 36.1 Å². The molecule has 0 amide bonds. The smallest absolute Gasteiger partial charge is 0.0779 e. The summed E-state index contributed by atoms with van der Waals surface area (Å²) in [6.07, 6.45) is 5.34. The summed E-state index contributed by atoms with van der Waals surface area (Å²) in [4.78, 5) is 4.68. The topological polar surface area (TPSA) is 24.4 Å². The zero-order chi connectivity index (χ0) is 15.3. The number of hydrogen-bond acceptors (Lipinski definition) is 2. The van der Waals surface area contributed by atoms with E-state index in [2.05, 4.69) is 57.2 Å². The van der Waals surface area contributed by atoms with Gasteiger partial charge in [0, 0.05) is 18.2 Å². The third-order valence-electron chi connectivity index (χ3n) is 4.00. The first-order valence-electron chi connectivity index (χ1n) is 7.72. The fraction of sp³-hybridized carbons (Fsp3) is 0.611. The van der Waals surface area contributed by atoms with Crippen molar-refractivity contribution in [3.8, 4) is 0 Å². The molecule has 3 unspecified atom stereocenters. The molecule has 3 atom stereocenters. The van der Waals surface area contributed by atoms with Gasteiger partial charge in [-0.05, 0) is 42.5 Å². The van der Waals surface area contributed by atoms with Crippen molar-refractivity contribution in [2.75, 3.05) is 6.54 Å². The van der Waals surface area contributed by atoms with Gasteiger partial charge in [0.05, 0.1) is 6.04 Å². The zero-order valence-corrected chi connectivity index (χ0v) is 13.7. The Morgan fingerprint density at radius 3 is 2.60 bits per heavy atom. The van der Waals surface area contributed by atoms with Gasteiger partial charge in [0.15, 0.2) is 0 Å². The molecule has 0 aliphatic heterocycles. The van der Waals surface area contributed by atoms with Crippen LogP contribution < -0.4 is 5.32 Å². The average molecular weight is 274 g/mol. The van der Waals surface area contributed by atoms with Gasteiger partial charge in [-0.3, -0.25) is 4.99 Å². The third kappa shape index (κ3) is 3.84. The van der Waals surface area contributed by atoms with Crippen LogP contribution in [0, 0.1) is 17.8 Å². The van der Waals surface area contributed by atoms with E-state index in [9.17, 15) is 0 Å². The predicted octanol–water partition coefficient (Wildman–Crippen LogP) is 4.36. The van der Waals surface area contributed by atoms with E-state index in [4.69, 9.17) is 0 Å². The highest BCUT2D eigenvalue weighted by atomic mass is 14.9. The molecule has 1 aliphatic rings. The van der Waals surface area contributed by atoms with E-state index in [-0.39, 0.29) is 6.04 Å². The monoisotopic (exact) mass is 274 g/mol. The third-order valence-corrected chi connectivity index (χ3v) is 4.00. The standard InChI is InChI=1S/C18H30N2/c1-8-16-10-13(5)17(18(16)19-9-2)14(6)15(7)20-11-12(3)4/h9-10,12-13,17-18,20H,6-8,11H2,1-5H3. The van der Waals surface area contributed by atoms with E-state index >= 15 is 0 Å². The van der Waals surface area contributed by atoms with E-state index in [1.807, 2.05) is 13.1 Å². The van der Waals surface area contributed by atoms with Gasteiger partial charge >= 0.3 is 0 Å². The van der Waals surface area contributed by atoms with E-state index in [0.29, 0.717) is 17.8 Å². The minimum Gasteiger partial charge on any atom is -0.385 e. The molecule has 1 N–H and O–H groups in total. The van der Waals surface area contributed by atoms with Gasteiger partial charge in [0.1, 0.15) is 0 Å². The molecule has 2 nitrogen and oxygen atoms in total. The van der Waals surface area contributed by atoms with Crippen LogP contribution in [-0.2, 0) is 0 Å². The summed E-state index contributed by atoms with van der Waals surface area (Å²) in [7, 11) is 0. The summed E-state index contributed by atoms with van der Waals surface area (Å²) in [6.45, 7) is 20.2. The molecule has 20 heavy (non-hydrogen) atoms. The summed E-state index contributed by atoms with van der Waals surface area (Å²) in [6, 6.07) is 0.241. The molecule has 0 radical (unpaired) electrons. The van der Waals surface area contributed by atoms with Crippen LogP contribution in [0.15, 0.2) is 41.1 Å². The highest BCUT2D eigenvalue weighted by Crippen LogP contribution is 2.40. The van der Waals surface area contributed by atoms with Crippen LogP contribution in [0.1, 0.15) is 41.0 Å². The largest absolute Gasteiger partial charge is 0.385 e. The molecule has 2 heteroatoms. The van der Waals surface area contributed by atoms with Gasteiger partial charge < -0.3 is 5.32 Å². The molecule has 0 heterocycles. The van der Waals surface area contributed by atoms with Crippen LogP contribution in [0.25, 0.3) is 0 Å². The Labute approximate surface area is 124 Å². The number of rotatable bonds is 7. The van der Waals surface area contributed by atoms with E-state index < -0.39 is 0 Å². The predicted molar refractivity (Wildman–Crippen MR) is 90.1 cm³/mol. The molecule has 0 aromatic carbocycles. The summed E-state index contributed by atoms with van der Waals surface area (Å²) in [5, 5.41) is 3.41. The van der Waals surface area contributed by atoms with Crippen molar-refractivity contribution < 1.29 is 0 Å². The molecule has 0 aromatic heterocycles. The van der Waals surface area contributed by atoms with Gasteiger partial charge in [0.2, 0.25) is 0 Å². The second-order valence-corrected chi connectivity index (χ2v) is 6.11. The maximum Gasteiger partial charge on any atom is 0.0779 e. The minimum atomic E-state index is 0.241. The lowest BCUT2D eigenvalue weighted by Crippen LogP contribution is -2.27. The Hall–Kier alpha value is -1.31. The van der Waals surface area contributed by atoms with Gasteiger partial charge in [-0.2, -0.15) is 0 Å². The first-order valence-corrected chi connectivity index (χ1v) is 7.72. The van der Waals surface area contributed by atoms with Gasteiger partial charge in [0.25, 0.3) is 0 Å². The Morgan fingerprint density at radius 2 is 2.10 bits per heavy atom. The Kier molecular flexibility index (Phi) is 6.25. The molecule has 112 valence electrons. The fourth-order valence-corrected chi connectivity index (χ4v) is 2.88. The first kappa shape index (κ1) is 16.7. The molecule has 0 saturated heterocycles. The quantitative estimate of drug-likeness (QED) is 0.416. The second kappa shape index (κ2) is 7.47. The van der Waals surface area contributed by atoms with Crippen molar-refractivity contribution in [1.29, 1.82) is 0 Å². The van der Waals surface area contributed by atoms with Crippen molar-refractivity contribution >= 4 is 6.21 Å². The van der Waals surface area contributed by atoms with Gasteiger partial charge in [-0.15, -0.1) is 0 Å². The van der Waals surface area contributed by atoms with E-state index in [1.54, 1.807) is 0 Å². The Balaban J connectivity index is 2.83. The zero-order valence-electron chi connectivity index (χ0n) is 13.7. The SMILES string of the molecule is C=C(NCC(C)C)C(=C)C1C(C)C=C(CC)C1N=CC. The first-order chi connectivity index (χ1) is 9.42. The van der Waals surface area contributed by atoms with Crippen molar-refractivity contribution in [3.63, 3.8) is 0 Å². The lowest BCUT2D eigenvalue weighted by molar-refractivity contribution is 0.466. The van der Waals surface area contributed by atoms with Crippen LogP contribution >= 0.6 is 0 Å². The average Bonchev–Trinajstić information content (AvgIpc) is 2.71. The Morgan fingerprint density at radius 1 is 1.45 bits per heavy atom. The molecule has 0 aromatic rings. The molecule has 1 rings (SSSR count). The highest BCUT2D eigenvalue weighted by Gasteiger charge is 2.35. The lowest BCUT2D eigenvalue weighted by atomic mass is 9.84. The van der Waals surface area contributed by atoms with E-state index in [0.717, 1.165) is 24.2 Å². The minimum absolute atomic E-state index is 0.241. The van der Waals surface area contributed by atoms with Gasteiger partial charge in [-0.1, -0.05) is 46.9 Å². The van der Waals surface area contributed by atoms with Crippen LogP contribution in [0.5, 0.6) is 0 Å². The number of nitrogens with one attached hydrogen (secondary N) is 1. The van der Waals surface area contributed by atoms with Crippen LogP contribution in [0.2, 0.25) is 0 Å². The van der Waals surface area contributed by atoms with Crippen LogP contribution in [0.4, 0.5) is 0 Å². The number of hydrogen-bond donors (Lipinski definition) is 1. The number of allylic oxidation sites excluding steroid dienone is 2. The fourth-order valence-electron chi connectivity index (χ4n) is 2.88. The van der Waals surface area contributed by atoms with Gasteiger partial charge in [-0.25, -0.2) is 0 Å². The highest BCUT2D eigenvalue weighted by molar-refractivity contribution is 5.55.